The lowest BCUT2D eigenvalue weighted by Gasteiger charge is -2.33. The highest BCUT2D eigenvalue weighted by atomic mass is 35.5. The van der Waals surface area contributed by atoms with E-state index in [-0.39, 0.29) is 23.8 Å². The number of carbonyl (C=O) groups excluding carboxylic acids is 2. The Morgan fingerprint density at radius 1 is 1.43 bits per heavy atom. The van der Waals surface area contributed by atoms with E-state index in [1.54, 1.807) is 7.11 Å². The first-order chi connectivity index (χ1) is 11.0. The van der Waals surface area contributed by atoms with Gasteiger partial charge in [0.2, 0.25) is 11.8 Å². The molecule has 1 aromatic heterocycles. The van der Waals surface area contributed by atoms with Crippen molar-refractivity contribution in [1.29, 1.82) is 0 Å². The zero-order chi connectivity index (χ0) is 16.8. The van der Waals surface area contributed by atoms with Gasteiger partial charge in [0, 0.05) is 31.1 Å². The van der Waals surface area contributed by atoms with Crippen molar-refractivity contribution < 1.29 is 14.3 Å². The molecule has 0 spiro atoms. The largest absolute Gasteiger partial charge is 0.384 e. The van der Waals surface area contributed by atoms with E-state index in [1.165, 1.54) is 11.3 Å². The topological polar surface area (TPSA) is 58.6 Å². The Balaban J connectivity index is 1.77. The Kier molecular flexibility index (Phi) is 6.87. The van der Waals surface area contributed by atoms with Crippen molar-refractivity contribution in [3.05, 3.63) is 21.3 Å². The van der Waals surface area contributed by atoms with E-state index in [0.717, 1.165) is 17.7 Å². The quantitative estimate of drug-likeness (QED) is 0.850. The predicted molar refractivity (Wildman–Crippen MR) is 92.0 cm³/mol. The van der Waals surface area contributed by atoms with Crippen LogP contribution in [-0.2, 0) is 14.3 Å². The highest BCUT2D eigenvalue weighted by Crippen LogP contribution is 2.28. The Morgan fingerprint density at radius 2 is 2.13 bits per heavy atom. The standard InChI is InChI=1S/C16H23ClN2O3S/c1-11(13-3-4-14(17)23-13)16(21)18-12-5-8-19(9-6-12)15(20)7-10-22-2/h3-4,11-12H,5-10H2,1-2H3,(H,18,21). The van der Waals surface area contributed by atoms with Crippen LogP contribution in [0.1, 0.15) is 37.0 Å². The molecule has 2 heterocycles. The molecule has 1 fully saturated rings. The third kappa shape index (κ3) is 5.19. The van der Waals surface area contributed by atoms with Crippen molar-refractivity contribution in [3.8, 4) is 0 Å². The van der Waals surface area contributed by atoms with E-state index in [9.17, 15) is 9.59 Å². The number of ether oxygens (including phenoxy) is 1. The molecule has 2 rings (SSSR count). The van der Waals surface area contributed by atoms with Crippen LogP contribution < -0.4 is 5.32 Å². The number of halogens is 1. The first-order valence-electron chi connectivity index (χ1n) is 7.83. The monoisotopic (exact) mass is 358 g/mol. The molecule has 23 heavy (non-hydrogen) atoms. The van der Waals surface area contributed by atoms with Gasteiger partial charge >= 0.3 is 0 Å². The Hall–Kier alpha value is -1.11. The van der Waals surface area contributed by atoms with E-state index in [4.69, 9.17) is 16.3 Å². The number of carbonyl (C=O) groups is 2. The van der Waals surface area contributed by atoms with Crippen molar-refractivity contribution in [3.63, 3.8) is 0 Å². The van der Waals surface area contributed by atoms with Gasteiger partial charge in [0.25, 0.3) is 0 Å². The fraction of sp³-hybridized carbons (Fsp3) is 0.625. The molecule has 1 aliphatic heterocycles. The van der Waals surface area contributed by atoms with Gasteiger partial charge in [0.15, 0.2) is 0 Å². The third-order valence-corrected chi connectivity index (χ3v) is 5.54. The molecule has 0 bridgehead atoms. The Morgan fingerprint density at radius 3 is 2.70 bits per heavy atom. The molecular weight excluding hydrogens is 336 g/mol. The second-order valence-corrected chi connectivity index (χ2v) is 7.52. The molecule has 128 valence electrons. The molecule has 5 nitrogen and oxygen atoms in total. The summed E-state index contributed by atoms with van der Waals surface area (Å²) in [5, 5.41) is 3.09. The van der Waals surface area contributed by atoms with Crippen LogP contribution in [0.3, 0.4) is 0 Å². The molecule has 2 amide bonds. The van der Waals surface area contributed by atoms with Crippen LogP contribution in [0.15, 0.2) is 12.1 Å². The molecule has 1 saturated heterocycles. The predicted octanol–water partition coefficient (Wildman–Crippen LogP) is 2.65. The smallest absolute Gasteiger partial charge is 0.228 e. The highest BCUT2D eigenvalue weighted by molar-refractivity contribution is 7.16. The normalized spacial score (nSPS) is 17.1. The van der Waals surface area contributed by atoms with Crippen molar-refractivity contribution in [1.82, 2.24) is 10.2 Å². The minimum absolute atomic E-state index is 0.0210. The Bertz CT molecular complexity index is 541. The highest BCUT2D eigenvalue weighted by Gasteiger charge is 2.25. The molecule has 1 unspecified atom stereocenters. The van der Waals surface area contributed by atoms with E-state index in [2.05, 4.69) is 5.32 Å². The summed E-state index contributed by atoms with van der Waals surface area (Å²) in [6.45, 7) is 3.72. The van der Waals surface area contributed by atoms with Crippen molar-refractivity contribution in [2.45, 2.75) is 38.1 Å². The summed E-state index contributed by atoms with van der Waals surface area (Å²) in [5.74, 6) is -0.0558. The van der Waals surface area contributed by atoms with Gasteiger partial charge in [-0.25, -0.2) is 0 Å². The molecule has 0 saturated carbocycles. The van der Waals surface area contributed by atoms with Crippen molar-refractivity contribution in [2.75, 3.05) is 26.8 Å². The fourth-order valence-corrected chi connectivity index (χ4v) is 3.75. The minimum atomic E-state index is -0.200. The summed E-state index contributed by atoms with van der Waals surface area (Å²) in [7, 11) is 1.59. The van der Waals surface area contributed by atoms with E-state index >= 15 is 0 Å². The van der Waals surface area contributed by atoms with Gasteiger partial charge in [-0.05, 0) is 31.9 Å². The Labute approximate surface area is 145 Å². The number of hydrogen-bond donors (Lipinski definition) is 1. The average Bonchev–Trinajstić information content (AvgIpc) is 2.99. The maximum Gasteiger partial charge on any atom is 0.228 e. The lowest BCUT2D eigenvalue weighted by atomic mass is 10.0. The van der Waals surface area contributed by atoms with Crippen LogP contribution in [0, 0.1) is 0 Å². The molecule has 0 aromatic carbocycles. The molecule has 0 radical (unpaired) electrons. The summed E-state index contributed by atoms with van der Waals surface area (Å²) in [4.78, 5) is 27.1. The van der Waals surface area contributed by atoms with Crippen LogP contribution in [-0.4, -0.2) is 49.6 Å². The summed E-state index contributed by atoms with van der Waals surface area (Å²) in [6.07, 6.45) is 2.01. The van der Waals surface area contributed by atoms with Crippen molar-refractivity contribution >= 4 is 34.8 Å². The first kappa shape index (κ1) is 18.2. The molecule has 7 heteroatoms. The number of rotatable bonds is 6. The van der Waals surface area contributed by atoms with Crippen molar-refractivity contribution in [2.24, 2.45) is 0 Å². The molecular formula is C16H23ClN2O3S. The minimum Gasteiger partial charge on any atom is -0.384 e. The average molecular weight is 359 g/mol. The van der Waals surface area contributed by atoms with Crippen LogP contribution in [0.2, 0.25) is 4.34 Å². The van der Waals surface area contributed by atoms with Gasteiger partial charge in [-0.2, -0.15) is 0 Å². The zero-order valence-electron chi connectivity index (χ0n) is 13.5. The number of thiophene rings is 1. The number of piperidine rings is 1. The second kappa shape index (κ2) is 8.66. The molecule has 0 aliphatic carbocycles. The summed E-state index contributed by atoms with van der Waals surface area (Å²) < 4.78 is 5.63. The van der Waals surface area contributed by atoms with Gasteiger partial charge < -0.3 is 15.0 Å². The van der Waals surface area contributed by atoms with Gasteiger partial charge in [-0.15, -0.1) is 11.3 Å². The number of likely N-dealkylation sites (tertiary alicyclic amines) is 1. The molecule has 1 aromatic rings. The second-order valence-electron chi connectivity index (χ2n) is 5.77. The van der Waals surface area contributed by atoms with Gasteiger partial charge in [-0.1, -0.05) is 11.6 Å². The molecule has 1 N–H and O–H groups in total. The maximum atomic E-state index is 12.3. The van der Waals surface area contributed by atoms with Gasteiger partial charge in [-0.3, -0.25) is 9.59 Å². The molecule has 1 aliphatic rings. The maximum absolute atomic E-state index is 12.3. The number of methoxy groups -OCH3 is 1. The lowest BCUT2D eigenvalue weighted by molar-refractivity contribution is -0.133. The number of hydrogen-bond acceptors (Lipinski definition) is 4. The van der Waals surface area contributed by atoms with Gasteiger partial charge in [0.05, 0.1) is 23.3 Å². The number of nitrogens with zero attached hydrogens (tertiary/aromatic N) is 1. The first-order valence-corrected chi connectivity index (χ1v) is 9.03. The summed E-state index contributed by atoms with van der Waals surface area (Å²) in [6, 6.07) is 3.84. The van der Waals surface area contributed by atoms with Crippen LogP contribution in [0.4, 0.5) is 0 Å². The zero-order valence-corrected chi connectivity index (χ0v) is 15.1. The number of amides is 2. The fourth-order valence-electron chi connectivity index (χ4n) is 2.64. The van der Waals surface area contributed by atoms with Crippen LogP contribution in [0.5, 0.6) is 0 Å². The third-order valence-electron chi connectivity index (χ3n) is 4.13. The summed E-state index contributed by atoms with van der Waals surface area (Å²) >= 11 is 7.36. The number of nitrogens with one attached hydrogen (secondary N) is 1. The van der Waals surface area contributed by atoms with Gasteiger partial charge in [0.1, 0.15) is 0 Å². The molecule has 1 atom stereocenters. The van der Waals surface area contributed by atoms with Crippen LogP contribution in [0.25, 0.3) is 0 Å². The van der Waals surface area contributed by atoms with E-state index in [0.29, 0.717) is 30.5 Å². The lowest BCUT2D eigenvalue weighted by Crippen LogP contribution is -2.47. The van der Waals surface area contributed by atoms with E-state index in [1.807, 2.05) is 24.0 Å². The van der Waals surface area contributed by atoms with E-state index < -0.39 is 0 Å². The SMILES string of the molecule is COCCC(=O)N1CCC(NC(=O)C(C)c2ccc(Cl)s2)CC1. The van der Waals surface area contributed by atoms with Crippen LogP contribution >= 0.6 is 22.9 Å². The summed E-state index contributed by atoms with van der Waals surface area (Å²) in [5.41, 5.74) is 0.